The van der Waals surface area contributed by atoms with Crippen LogP contribution in [0.4, 0.5) is 5.69 Å². The smallest absolute Gasteiger partial charge is 0.303 e. The molecule has 0 spiro atoms. The highest BCUT2D eigenvalue weighted by molar-refractivity contribution is 6.31. The standard InChI is InChI=1S/C24H24ClN3O5/c1-2-22(31)28(19-8-5-7-18(25)14-19)24(10-12-33-13-11-24)23(32)27-16-21(30)26-15-17-6-3-4-9-20(17)29/h1,3-9,14,29H,10-13,15-16H2,(H,26,30)(H,27,32). The number of amides is 3. The number of aromatic hydroxyl groups is 1. The van der Waals surface area contributed by atoms with E-state index in [1.165, 1.54) is 11.0 Å². The van der Waals surface area contributed by atoms with E-state index in [0.29, 0.717) is 16.3 Å². The summed E-state index contributed by atoms with van der Waals surface area (Å²) in [7, 11) is 0. The Morgan fingerprint density at radius 2 is 1.85 bits per heavy atom. The number of phenolic OH excluding ortho intramolecular Hbond substituents is 1. The Labute approximate surface area is 196 Å². The number of para-hydroxylation sites is 1. The van der Waals surface area contributed by atoms with Crippen LogP contribution in [0.25, 0.3) is 0 Å². The fourth-order valence-corrected chi connectivity index (χ4v) is 3.93. The molecule has 2 aromatic carbocycles. The topological polar surface area (TPSA) is 108 Å². The van der Waals surface area contributed by atoms with Gasteiger partial charge in [-0.15, -0.1) is 6.42 Å². The van der Waals surface area contributed by atoms with Crippen molar-refractivity contribution in [1.29, 1.82) is 0 Å². The summed E-state index contributed by atoms with van der Waals surface area (Å²) >= 11 is 6.11. The number of nitrogens with zero attached hydrogens (tertiary/aromatic N) is 1. The summed E-state index contributed by atoms with van der Waals surface area (Å²) in [6.07, 6.45) is 5.81. The van der Waals surface area contributed by atoms with Gasteiger partial charge in [-0.1, -0.05) is 35.9 Å². The van der Waals surface area contributed by atoms with Gasteiger partial charge in [0, 0.05) is 48.9 Å². The zero-order valence-electron chi connectivity index (χ0n) is 17.8. The molecule has 33 heavy (non-hydrogen) atoms. The number of hydrogen-bond acceptors (Lipinski definition) is 5. The van der Waals surface area contributed by atoms with Gasteiger partial charge < -0.3 is 20.5 Å². The molecule has 1 aliphatic heterocycles. The third-order valence-corrected chi connectivity index (χ3v) is 5.68. The van der Waals surface area contributed by atoms with Crippen molar-refractivity contribution in [3.8, 4) is 18.1 Å². The van der Waals surface area contributed by atoms with Crippen LogP contribution in [0.2, 0.25) is 5.02 Å². The van der Waals surface area contributed by atoms with Crippen LogP contribution < -0.4 is 15.5 Å². The Hall–Kier alpha value is -3.54. The molecular formula is C24H24ClN3O5. The largest absolute Gasteiger partial charge is 0.508 e. The second-order valence-corrected chi connectivity index (χ2v) is 7.93. The van der Waals surface area contributed by atoms with Crippen LogP contribution in [-0.2, 0) is 25.7 Å². The lowest BCUT2D eigenvalue weighted by molar-refractivity contribution is -0.134. The first-order valence-electron chi connectivity index (χ1n) is 10.3. The number of nitrogens with one attached hydrogen (secondary N) is 2. The summed E-state index contributed by atoms with van der Waals surface area (Å²) in [6.45, 7) is 0.261. The van der Waals surface area contributed by atoms with Crippen LogP contribution >= 0.6 is 11.6 Å². The highest BCUT2D eigenvalue weighted by Gasteiger charge is 2.48. The molecule has 3 rings (SSSR count). The molecule has 0 aromatic heterocycles. The summed E-state index contributed by atoms with van der Waals surface area (Å²) in [5.41, 5.74) is -0.416. The van der Waals surface area contributed by atoms with Gasteiger partial charge in [0.1, 0.15) is 11.3 Å². The third kappa shape index (κ3) is 5.64. The molecule has 8 nitrogen and oxygen atoms in total. The van der Waals surface area contributed by atoms with E-state index < -0.39 is 23.3 Å². The van der Waals surface area contributed by atoms with Crippen LogP contribution in [0, 0.1) is 12.3 Å². The molecule has 1 fully saturated rings. The van der Waals surface area contributed by atoms with Gasteiger partial charge in [-0.25, -0.2) is 0 Å². The van der Waals surface area contributed by atoms with Crippen LogP contribution in [0.1, 0.15) is 18.4 Å². The number of benzene rings is 2. The number of terminal acetylenes is 1. The number of phenols is 1. The van der Waals surface area contributed by atoms with Crippen molar-refractivity contribution < 1.29 is 24.2 Å². The minimum Gasteiger partial charge on any atom is -0.508 e. The number of rotatable bonds is 7. The van der Waals surface area contributed by atoms with E-state index >= 15 is 0 Å². The van der Waals surface area contributed by atoms with E-state index in [2.05, 4.69) is 16.6 Å². The molecule has 0 bridgehead atoms. The molecule has 0 unspecified atom stereocenters. The lowest BCUT2D eigenvalue weighted by Crippen LogP contribution is -2.64. The molecule has 0 aliphatic carbocycles. The normalized spacial score (nSPS) is 14.5. The number of hydrogen-bond donors (Lipinski definition) is 3. The average molecular weight is 470 g/mol. The second-order valence-electron chi connectivity index (χ2n) is 7.50. The predicted octanol–water partition coefficient (Wildman–Crippen LogP) is 1.99. The Morgan fingerprint density at radius 3 is 2.52 bits per heavy atom. The van der Waals surface area contributed by atoms with Crippen molar-refractivity contribution in [1.82, 2.24) is 10.6 Å². The van der Waals surface area contributed by atoms with E-state index in [0.717, 1.165) is 0 Å². The number of carbonyl (C=O) groups excluding carboxylic acids is 3. The van der Waals surface area contributed by atoms with Gasteiger partial charge in [-0.2, -0.15) is 0 Å². The maximum atomic E-state index is 13.4. The first-order valence-corrected chi connectivity index (χ1v) is 10.7. The SMILES string of the molecule is C#CC(=O)N(c1cccc(Cl)c1)C1(C(=O)NCC(=O)NCc2ccccc2O)CCOCC1. The number of halogens is 1. The lowest BCUT2D eigenvalue weighted by atomic mass is 9.86. The zero-order valence-corrected chi connectivity index (χ0v) is 18.6. The summed E-state index contributed by atoms with van der Waals surface area (Å²) in [6, 6.07) is 13.1. The average Bonchev–Trinajstić information content (AvgIpc) is 2.82. The maximum absolute atomic E-state index is 13.4. The molecule has 172 valence electrons. The molecule has 1 saturated heterocycles. The van der Waals surface area contributed by atoms with Crippen molar-refractivity contribution in [3.05, 3.63) is 59.1 Å². The second kappa shape index (κ2) is 10.9. The molecule has 3 N–H and O–H groups in total. The fourth-order valence-electron chi connectivity index (χ4n) is 3.74. The predicted molar refractivity (Wildman–Crippen MR) is 124 cm³/mol. The highest BCUT2D eigenvalue weighted by atomic mass is 35.5. The first-order chi connectivity index (χ1) is 15.9. The van der Waals surface area contributed by atoms with E-state index in [4.69, 9.17) is 22.8 Å². The molecule has 2 aromatic rings. The van der Waals surface area contributed by atoms with E-state index in [1.54, 1.807) is 42.5 Å². The van der Waals surface area contributed by atoms with Gasteiger partial charge in [0.05, 0.1) is 6.54 Å². The number of ether oxygens (including phenoxy) is 1. The van der Waals surface area contributed by atoms with Crippen molar-refractivity contribution in [2.75, 3.05) is 24.7 Å². The minimum atomic E-state index is -1.34. The van der Waals surface area contributed by atoms with E-state index in [-0.39, 0.29) is 44.9 Å². The highest BCUT2D eigenvalue weighted by Crippen LogP contribution is 2.34. The lowest BCUT2D eigenvalue weighted by Gasteiger charge is -2.43. The Morgan fingerprint density at radius 1 is 1.12 bits per heavy atom. The minimum absolute atomic E-state index is 0.0629. The maximum Gasteiger partial charge on any atom is 0.303 e. The number of anilines is 1. The Bertz CT molecular complexity index is 1080. The molecule has 0 atom stereocenters. The molecule has 1 aliphatic rings. The van der Waals surface area contributed by atoms with Crippen LogP contribution in [0.15, 0.2) is 48.5 Å². The van der Waals surface area contributed by atoms with Gasteiger partial charge in [-0.05, 0) is 30.2 Å². The molecule has 0 saturated carbocycles. The van der Waals surface area contributed by atoms with Crippen LogP contribution in [-0.4, -0.2) is 48.1 Å². The van der Waals surface area contributed by atoms with Gasteiger partial charge in [0.2, 0.25) is 11.8 Å². The van der Waals surface area contributed by atoms with Crippen molar-refractivity contribution in [3.63, 3.8) is 0 Å². The summed E-state index contributed by atoms with van der Waals surface area (Å²) < 4.78 is 5.42. The van der Waals surface area contributed by atoms with Crippen LogP contribution in [0.3, 0.4) is 0 Å². The van der Waals surface area contributed by atoms with Crippen molar-refractivity contribution >= 4 is 35.0 Å². The monoisotopic (exact) mass is 469 g/mol. The van der Waals surface area contributed by atoms with E-state index in [9.17, 15) is 19.5 Å². The van der Waals surface area contributed by atoms with Gasteiger partial charge >= 0.3 is 5.91 Å². The molecule has 9 heteroatoms. The van der Waals surface area contributed by atoms with Crippen LogP contribution in [0.5, 0.6) is 5.75 Å². The quantitative estimate of drug-likeness (QED) is 0.537. The van der Waals surface area contributed by atoms with Gasteiger partial charge in [0.15, 0.2) is 0 Å². The summed E-state index contributed by atoms with van der Waals surface area (Å²) in [5.74, 6) is 0.482. The fraction of sp³-hybridized carbons (Fsp3) is 0.292. The van der Waals surface area contributed by atoms with Crippen molar-refractivity contribution in [2.45, 2.75) is 24.9 Å². The van der Waals surface area contributed by atoms with Gasteiger partial charge in [-0.3, -0.25) is 19.3 Å². The summed E-state index contributed by atoms with van der Waals surface area (Å²) in [4.78, 5) is 39.8. The Kier molecular flexibility index (Phi) is 7.93. The number of carbonyl (C=O) groups is 3. The molecule has 0 radical (unpaired) electrons. The zero-order chi connectivity index (χ0) is 23.8. The molecular weight excluding hydrogens is 446 g/mol. The Balaban J connectivity index is 1.77. The van der Waals surface area contributed by atoms with E-state index in [1.807, 2.05) is 0 Å². The third-order valence-electron chi connectivity index (χ3n) is 5.44. The molecule has 1 heterocycles. The van der Waals surface area contributed by atoms with Gasteiger partial charge in [0.25, 0.3) is 0 Å². The van der Waals surface area contributed by atoms with Crippen molar-refractivity contribution in [2.24, 2.45) is 0 Å². The molecule has 3 amide bonds. The summed E-state index contributed by atoms with van der Waals surface area (Å²) in [5, 5.41) is 15.5. The first kappa shape index (κ1) is 24.1.